The Morgan fingerprint density at radius 1 is 0.667 bits per heavy atom. The first-order valence-corrected chi connectivity index (χ1v) is 0. The smallest absolute Gasteiger partial charge is 0.870 e. The molecule has 0 bridgehead atoms. The maximum Gasteiger partial charge on any atom is 1.00 e. The molecule has 0 radical (unpaired) electrons. The van der Waals surface area contributed by atoms with Gasteiger partial charge in [0.25, 0.3) is 0 Å². The molecule has 11 N–H and O–H groups in total. The van der Waals surface area contributed by atoms with Crippen LogP contribution in [0.5, 0.6) is 0 Å². The van der Waals surface area contributed by atoms with Gasteiger partial charge < -0.3 is 28.7 Å². The van der Waals surface area contributed by atoms with Crippen LogP contribution in [0.1, 0.15) is 0 Å². The largest absolute Gasteiger partial charge is 1.00 e. The van der Waals surface area contributed by atoms with Crippen LogP contribution in [0.25, 0.3) is 0 Å². The molecule has 0 aliphatic heterocycles. The molecule has 0 spiro atoms. The van der Waals surface area contributed by atoms with Gasteiger partial charge in [-0.25, -0.2) is 0 Å². The van der Waals surface area contributed by atoms with Crippen LogP contribution < -0.4 is 12.3 Å². The zero-order valence-electron chi connectivity index (χ0n) is 3.16. The molecule has 0 unspecified atom stereocenters. The summed E-state index contributed by atoms with van der Waals surface area (Å²) < 4.78 is 0. The predicted octanol–water partition coefficient (Wildman–Crippen LogP) is -1.50. The van der Waals surface area contributed by atoms with Crippen LogP contribution in [-0.2, 0) is 22.4 Å². The molecule has 0 heterocycles. The van der Waals surface area contributed by atoms with E-state index in [1.54, 1.807) is 0 Å². The minimum absolute atomic E-state index is 0. The van der Waals surface area contributed by atoms with E-state index in [4.69, 9.17) is 0 Å². The third-order valence-electron chi connectivity index (χ3n) is 0. The Morgan fingerprint density at radius 2 is 0.667 bits per heavy atom. The van der Waals surface area contributed by atoms with Crippen LogP contribution in [0.15, 0.2) is 0 Å². The molecule has 0 aliphatic rings. The van der Waals surface area contributed by atoms with E-state index in [9.17, 15) is 0 Å². The Bertz CT molecular complexity index is 8.75. The second-order valence-electron chi connectivity index (χ2n) is 0. The van der Waals surface area contributed by atoms with Crippen molar-refractivity contribution < 1.29 is 38.8 Å². The van der Waals surface area contributed by atoms with Crippen LogP contribution in [-0.4, -0.2) is 16.4 Å². The monoisotopic (exact) mass is 194 g/mol. The van der Waals surface area contributed by atoms with E-state index in [1.807, 2.05) is 0 Å². The number of hydrogen-bond acceptors (Lipinski definition) is 3. The Kier molecular flexibility index (Phi) is 44900. The first-order chi connectivity index (χ1) is 0. The van der Waals surface area contributed by atoms with Crippen LogP contribution in [0.4, 0.5) is 0 Å². The minimum Gasteiger partial charge on any atom is -0.870 e. The fourth-order valence-electron chi connectivity index (χ4n) is 0. The Morgan fingerprint density at radius 3 is 0.667 bits per heavy atom. The molecule has 0 fully saturated rings. The molecule has 0 aliphatic carbocycles. The quantitative estimate of drug-likeness (QED) is 0.449. The summed E-state index contributed by atoms with van der Waals surface area (Å²) >= 11 is 0. The maximum absolute atomic E-state index is 0. The summed E-state index contributed by atoms with van der Waals surface area (Å²) in [6, 6.07) is 0. The molecule has 50 valence electrons. The van der Waals surface area contributed by atoms with Gasteiger partial charge in [0.2, 0.25) is 0 Å². The molecule has 0 aromatic heterocycles. The van der Waals surface area contributed by atoms with Gasteiger partial charge in [0, 0.05) is 0 Å². The summed E-state index contributed by atoms with van der Waals surface area (Å²) in [5, 5.41) is 0. The Balaban J connectivity index is 0. The van der Waals surface area contributed by atoms with Crippen molar-refractivity contribution in [3.05, 3.63) is 0 Å². The summed E-state index contributed by atoms with van der Waals surface area (Å²) in [4.78, 5) is 0. The molecule has 0 amide bonds. The first kappa shape index (κ1) is 688. The van der Waals surface area contributed by atoms with E-state index in [-0.39, 0.29) is 51.1 Å². The van der Waals surface area contributed by atoms with E-state index in [0.717, 1.165) is 0 Å². The molecule has 6 heteroatoms. The zero-order chi connectivity index (χ0) is 0. The van der Waals surface area contributed by atoms with Crippen molar-refractivity contribution in [1.29, 1.82) is 0 Å². The summed E-state index contributed by atoms with van der Waals surface area (Å²) in [5.74, 6) is 0. The van der Waals surface area contributed by atoms with Crippen molar-refractivity contribution in [2.45, 2.75) is 0 Å². The van der Waals surface area contributed by atoms with Crippen LogP contribution in [0.3, 0.4) is 0 Å². The van der Waals surface area contributed by atoms with Gasteiger partial charge in [0.15, 0.2) is 0 Å². The molecule has 0 saturated carbocycles. The third-order valence-corrected chi connectivity index (χ3v) is 0. The van der Waals surface area contributed by atoms with Crippen molar-refractivity contribution in [2.24, 2.45) is 0 Å². The van der Waals surface area contributed by atoms with E-state index in [2.05, 4.69) is 0 Å². The van der Waals surface area contributed by atoms with Crippen LogP contribution in [0.2, 0.25) is 0 Å². The Labute approximate surface area is 51.7 Å². The summed E-state index contributed by atoms with van der Waals surface area (Å²) in [6.07, 6.45) is 0. The normalized spacial score (nSPS) is 0. The molecule has 0 aromatic carbocycles. The minimum atomic E-state index is 0. The first-order valence-electron chi connectivity index (χ1n) is 0. The number of rotatable bonds is 0. The molecule has 0 saturated heterocycles. The average Bonchev–Trinajstić information content (AvgIpc) is 0. The average molecular weight is 195 g/mol. The summed E-state index contributed by atoms with van der Waals surface area (Å²) in [5.41, 5.74) is 0. The molecule has 0 rings (SSSR count). The van der Waals surface area contributed by atoms with Crippen molar-refractivity contribution >= 4 is 0 Å². The standard InChI is InChI=1S/Ag.2H3N.3H2O/h;2*1H3;3*1H2/q+1;;;;;/p-1. The number of hydrogen-bond donors (Lipinski definition) is 2. The SMILES string of the molecule is N.N.O.O.[Ag+].[OH-]. The van der Waals surface area contributed by atoms with Crippen molar-refractivity contribution in [3.8, 4) is 0 Å². The van der Waals surface area contributed by atoms with Gasteiger partial charge in [-0.05, 0) is 0 Å². The van der Waals surface area contributed by atoms with E-state index >= 15 is 0 Å². The van der Waals surface area contributed by atoms with Gasteiger partial charge >= 0.3 is 22.4 Å². The second kappa shape index (κ2) is 391. The summed E-state index contributed by atoms with van der Waals surface area (Å²) in [7, 11) is 0. The predicted molar refractivity (Wildman–Crippen MR) is 19.2 cm³/mol. The van der Waals surface area contributed by atoms with Gasteiger partial charge in [-0.2, -0.15) is 0 Å². The van der Waals surface area contributed by atoms with Crippen molar-refractivity contribution in [3.63, 3.8) is 0 Å². The van der Waals surface area contributed by atoms with Gasteiger partial charge in [0.1, 0.15) is 0 Å². The zero-order valence-corrected chi connectivity index (χ0v) is 4.65. The van der Waals surface area contributed by atoms with Gasteiger partial charge in [-0.1, -0.05) is 0 Å². The van der Waals surface area contributed by atoms with Gasteiger partial charge in [0.05, 0.1) is 0 Å². The molecule has 0 atom stereocenters. The Hall–Kier alpha value is 0.540. The van der Waals surface area contributed by atoms with E-state index < -0.39 is 0 Å². The van der Waals surface area contributed by atoms with Crippen LogP contribution >= 0.6 is 0 Å². The molecule has 6 heavy (non-hydrogen) atoms. The molecule has 5 nitrogen and oxygen atoms in total. The topological polar surface area (TPSA) is 163 Å². The van der Waals surface area contributed by atoms with Gasteiger partial charge in [-0.15, -0.1) is 0 Å². The fourth-order valence-corrected chi connectivity index (χ4v) is 0. The van der Waals surface area contributed by atoms with Crippen LogP contribution in [0, 0.1) is 0 Å². The van der Waals surface area contributed by atoms with Crippen molar-refractivity contribution in [2.75, 3.05) is 0 Å². The van der Waals surface area contributed by atoms with E-state index in [0.29, 0.717) is 0 Å². The van der Waals surface area contributed by atoms with Gasteiger partial charge in [-0.3, -0.25) is 0 Å². The second-order valence-corrected chi connectivity index (χ2v) is 0. The fraction of sp³-hybridized carbons (Fsp3) is 0. The maximum atomic E-state index is 0. The summed E-state index contributed by atoms with van der Waals surface area (Å²) in [6.45, 7) is 0. The van der Waals surface area contributed by atoms with E-state index in [1.165, 1.54) is 0 Å². The molecular weight excluding hydrogens is 184 g/mol. The third kappa shape index (κ3) is 195. The van der Waals surface area contributed by atoms with Crippen molar-refractivity contribution in [1.82, 2.24) is 12.3 Å². The molecule has 0 aromatic rings. The molecular formula is H11AgN2O3.